The van der Waals surface area contributed by atoms with Crippen molar-refractivity contribution in [2.45, 2.75) is 25.2 Å². The molecule has 0 atom stereocenters. The molecule has 2 nitrogen and oxygen atoms in total. The Hall–Kier alpha value is -0.220. The summed E-state index contributed by atoms with van der Waals surface area (Å²) in [5, 5.41) is 0. The molecule has 1 rings (SSSR count). The Morgan fingerprint density at radius 1 is 1.50 bits per heavy atom. The van der Waals surface area contributed by atoms with Crippen LogP contribution in [0.15, 0.2) is 21.8 Å². The lowest BCUT2D eigenvalue weighted by molar-refractivity contribution is 0.632. The standard InChI is InChI=1S/C10H15BrN2S/c1-7(2)3-4-14-10-8(11)5-13-6-9(10)12/h5-7H,3-4,12H2,1-2H3. The first kappa shape index (κ1) is 11.9. The summed E-state index contributed by atoms with van der Waals surface area (Å²) in [6.07, 6.45) is 4.69. The van der Waals surface area contributed by atoms with Crippen molar-refractivity contribution in [3.63, 3.8) is 0 Å². The van der Waals surface area contributed by atoms with Crippen LogP contribution >= 0.6 is 27.7 Å². The molecule has 0 aromatic carbocycles. The number of hydrogen-bond donors (Lipinski definition) is 1. The van der Waals surface area contributed by atoms with Gasteiger partial charge in [0.25, 0.3) is 0 Å². The van der Waals surface area contributed by atoms with E-state index in [4.69, 9.17) is 5.73 Å². The first-order valence-corrected chi connectivity index (χ1v) is 6.41. The Kier molecular flexibility index (Phi) is 4.75. The van der Waals surface area contributed by atoms with Crippen LogP contribution in [0.2, 0.25) is 0 Å². The zero-order chi connectivity index (χ0) is 10.6. The summed E-state index contributed by atoms with van der Waals surface area (Å²) in [6, 6.07) is 0. The normalized spacial score (nSPS) is 10.9. The van der Waals surface area contributed by atoms with Crippen LogP contribution in [0.5, 0.6) is 0 Å². The second-order valence-electron chi connectivity index (χ2n) is 3.57. The van der Waals surface area contributed by atoms with Gasteiger partial charge in [0.15, 0.2) is 0 Å². The molecule has 78 valence electrons. The van der Waals surface area contributed by atoms with Gasteiger partial charge in [-0.2, -0.15) is 0 Å². The summed E-state index contributed by atoms with van der Waals surface area (Å²) in [4.78, 5) is 5.11. The van der Waals surface area contributed by atoms with Crippen LogP contribution in [0.3, 0.4) is 0 Å². The molecule has 0 bridgehead atoms. The molecule has 0 radical (unpaired) electrons. The highest BCUT2D eigenvalue weighted by Gasteiger charge is 2.05. The van der Waals surface area contributed by atoms with E-state index in [1.54, 1.807) is 24.2 Å². The predicted octanol–water partition coefficient (Wildman–Crippen LogP) is 3.56. The Morgan fingerprint density at radius 2 is 2.21 bits per heavy atom. The van der Waals surface area contributed by atoms with Gasteiger partial charge < -0.3 is 5.73 Å². The molecule has 2 N–H and O–H groups in total. The molecule has 1 aromatic heterocycles. The maximum atomic E-state index is 5.82. The van der Waals surface area contributed by atoms with E-state index in [0.29, 0.717) is 0 Å². The molecule has 14 heavy (non-hydrogen) atoms. The number of nitrogen functional groups attached to an aromatic ring is 1. The summed E-state index contributed by atoms with van der Waals surface area (Å²) >= 11 is 5.24. The maximum absolute atomic E-state index is 5.82. The third kappa shape index (κ3) is 3.50. The summed E-state index contributed by atoms with van der Waals surface area (Å²) in [5.41, 5.74) is 6.58. The molecule has 0 aliphatic rings. The molecule has 0 aliphatic carbocycles. The molecule has 0 saturated heterocycles. The lowest BCUT2D eigenvalue weighted by Gasteiger charge is -2.08. The van der Waals surface area contributed by atoms with Gasteiger partial charge >= 0.3 is 0 Å². The first-order valence-electron chi connectivity index (χ1n) is 4.63. The van der Waals surface area contributed by atoms with Crippen LogP contribution in [0.25, 0.3) is 0 Å². The zero-order valence-corrected chi connectivity index (χ0v) is 10.9. The molecule has 1 heterocycles. The van der Waals surface area contributed by atoms with Crippen molar-refractivity contribution in [3.05, 3.63) is 16.9 Å². The molecule has 0 saturated carbocycles. The first-order chi connectivity index (χ1) is 6.61. The van der Waals surface area contributed by atoms with E-state index in [2.05, 4.69) is 34.8 Å². The van der Waals surface area contributed by atoms with Crippen molar-refractivity contribution in [3.8, 4) is 0 Å². The maximum Gasteiger partial charge on any atom is 0.0650 e. The van der Waals surface area contributed by atoms with Gasteiger partial charge in [-0.1, -0.05) is 13.8 Å². The Bertz CT molecular complexity index is 282. The van der Waals surface area contributed by atoms with Gasteiger partial charge in [0.1, 0.15) is 0 Å². The summed E-state index contributed by atoms with van der Waals surface area (Å²) in [6.45, 7) is 4.46. The molecule has 0 aliphatic heterocycles. The number of hydrogen-bond acceptors (Lipinski definition) is 3. The van der Waals surface area contributed by atoms with Crippen LogP contribution in [-0.4, -0.2) is 10.7 Å². The third-order valence-corrected chi connectivity index (χ3v) is 3.87. The molecular weight excluding hydrogens is 260 g/mol. The van der Waals surface area contributed by atoms with Crippen LogP contribution < -0.4 is 5.73 Å². The third-order valence-electron chi connectivity index (χ3n) is 1.82. The number of thioether (sulfide) groups is 1. The van der Waals surface area contributed by atoms with E-state index in [1.807, 2.05) is 0 Å². The molecule has 0 fully saturated rings. The van der Waals surface area contributed by atoms with Crippen molar-refractivity contribution >= 4 is 33.4 Å². The van der Waals surface area contributed by atoms with Crippen LogP contribution in [0, 0.1) is 5.92 Å². The van der Waals surface area contributed by atoms with Gasteiger partial charge in [-0.15, -0.1) is 11.8 Å². The van der Waals surface area contributed by atoms with E-state index in [9.17, 15) is 0 Å². The fraction of sp³-hybridized carbons (Fsp3) is 0.500. The highest BCUT2D eigenvalue weighted by Crippen LogP contribution is 2.32. The largest absolute Gasteiger partial charge is 0.397 e. The fourth-order valence-corrected chi connectivity index (χ4v) is 2.88. The number of nitrogens with zero attached hydrogens (tertiary/aromatic N) is 1. The van der Waals surface area contributed by atoms with E-state index < -0.39 is 0 Å². The quantitative estimate of drug-likeness (QED) is 0.854. The topological polar surface area (TPSA) is 38.9 Å². The number of halogens is 1. The lowest BCUT2D eigenvalue weighted by Crippen LogP contribution is -1.94. The smallest absolute Gasteiger partial charge is 0.0650 e. The number of nitrogens with two attached hydrogens (primary N) is 1. The molecule has 0 amide bonds. The Balaban J connectivity index is 2.58. The number of rotatable bonds is 4. The average molecular weight is 275 g/mol. The summed E-state index contributed by atoms with van der Waals surface area (Å²) in [5.74, 6) is 1.84. The molecule has 1 aromatic rings. The average Bonchev–Trinajstić information content (AvgIpc) is 2.09. The minimum Gasteiger partial charge on any atom is -0.397 e. The van der Waals surface area contributed by atoms with Gasteiger partial charge in [-0.05, 0) is 34.0 Å². The van der Waals surface area contributed by atoms with Crippen molar-refractivity contribution in [1.29, 1.82) is 0 Å². The van der Waals surface area contributed by atoms with Gasteiger partial charge in [0.2, 0.25) is 0 Å². The number of anilines is 1. The van der Waals surface area contributed by atoms with Crippen LogP contribution in [-0.2, 0) is 0 Å². The van der Waals surface area contributed by atoms with Gasteiger partial charge in [0.05, 0.1) is 16.4 Å². The van der Waals surface area contributed by atoms with Gasteiger partial charge in [-0.3, -0.25) is 4.98 Å². The van der Waals surface area contributed by atoms with Crippen molar-refractivity contribution in [2.24, 2.45) is 5.92 Å². The molecule has 4 heteroatoms. The minimum absolute atomic E-state index is 0.740. The van der Waals surface area contributed by atoms with E-state index in [0.717, 1.165) is 26.7 Å². The summed E-state index contributed by atoms with van der Waals surface area (Å²) in [7, 11) is 0. The van der Waals surface area contributed by atoms with Crippen molar-refractivity contribution in [2.75, 3.05) is 11.5 Å². The Labute approximate surface area is 97.8 Å². The van der Waals surface area contributed by atoms with E-state index in [-0.39, 0.29) is 0 Å². The highest BCUT2D eigenvalue weighted by molar-refractivity contribution is 9.10. The van der Waals surface area contributed by atoms with Crippen LogP contribution in [0.1, 0.15) is 20.3 Å². The van der Waals surface area contributed by atoms with E-state index in [1.165, 1.54) is 6.42 Å². The Morgan fingerprint density at radius 3 is 2.79 bits per heavy atom. The second kappa shape index (κ2) is 5.61. The second-order valence-corrected chi connectivity index (χ2v) is 5.53. The monoisotopic (exact) mass is 274 g/mol. The fourth-order valence-electron chi connectivity index (χ4n) is 0.987. The molecular formula is C10H15BrN2S. The number of pyridine rings is 1. The summed E-state index contributed by atoms with van der Waals surface area (Å²) < 4.78 is 0.992. The van der Waals surface area contributed by atoms with Crippen molar-refractivity contribution < 1.29 is 0 Å². The zero-order valence-electron chi connectivity index (χ0n) is 8.46. The molecule has 0 unspecified atom stereocenters. The number of aromatic nitrogens is 1. The van der Waals surface area contributed by atoms with E-state index >= 15 is 0 Å². The highest BCUT2D eigenvalue weighted by atomic mass is 79.9. The van der Waals surface area contributed by atoms with Gasteiger partial charge in [0, 0.05) is 11.1 Å². The van der Waals surface area contributed by atoms with Gasteiger partial charge in [-0.25, -0.2) is 0 Å². The molecule has 0 spiro atoms. The SMILES string of the molecule is CC(C)CCSc1c(N)cncc1Br. The van der Waals surface area contributed by atoms with Crippen LogP contribution in [0.4, 0.5) is 5.69 Å². The predicted molar refractivity (Wildman–Crippen MR) is 66.5 cm³/mol. The van der Waals surface area contributed by atoms with Crippen molar-refractivity contribution in [1.82, 2.24) is 4.98 Å². The lowest BCUT2D eigenvalue weighted by atomic mass is 10.2. The minimum atomic E-state index is 0.740.